The van der Waals surface area contributed by atoms with Gasteiger partial charge in [-0.15, -0.1) is 0 Å². The third-order valence-corrected chi connectivity index (χ3v) is 4.71. The first kappa shape index (κ1) is 13.9. The first-order valence-corrected chi connectivity index (χ1v) is 7.34. The van der Waals surface area contributed by atoms with Crippen LogP contribution in [0, 0.1) is 12.3 Å². The monoisotopic (exact) mass is 269 g/mol. The lowest BCUT2D eigenvalue weighted by atomic mass is 9.81. The molecule has 3 nitrogen and oxygen atoms in total. The molecule has 1 aromatic rings. The minimum atomic E-state index is 0.389. The van der Waals surface area contributed by atoms with Crippen molar-refractivity contribution in [3.05, 3.63) is 16.4 Å². The Bertz CT molecular complexity index is 405. The lowest BCUT2D eigenvalue weighted by Gasteiger charge is -2.29. The topological polar surface area (TPSA) is 29.9 Å². The highest BCUT2D eigenvalue weighted by Gasteiger charge is 2.35. The molecule has 1 aliphatic rings. The Morgan fingerprint density at radius 3 is 2.56 bits per heavy atom. The highest BCUT2D eigenvalue weighted by molar-refractivity contribution is 6.31. The molecule has 18 heavy (non-hydrogen) atoms. The second-order valence-electron chi connectivity index (χ2n) is 5.63. The van der Waals surface area contributed by atoms with Gasteiger partial charge in [0.05, 0.1) is 16.4 Å². The molecule has 0 atom stereocenters. The van der Waals surface area contributed by atoms with E-state index < -0.39 is 0 Å². The van der Waals surface area contributed by atoms with Gasteiger partial charge in [-0.05, 0) is 38.1 Å². The Labute approximate surface area is 115 Å². The van der Waals surface area contributed by atoms with Gasteiger partial charge < -0.3 is 5.32 Å². The van der Waals surface area contributed by atoms with Gasteiger partial charge in [0.1, 0.15) is 0 Å². The lowest BCUT2D eigenvalue weighted by molar-refractivity contribution is 0.274. The fourth-order valence-corrected chi connectivity index (χ4v) is 3.39. The van der Waals surface area contributed by atoms with Crippen LogP contribution in [0.5, 0.6) is 0 Å². The zero-order valence-corrected chi connectivity index (χ0v) is 12.5. The maximum atomic E-state index is 6.38. The molecule has 102 valence electrons. The van der Waals surface area contributed by atoms with E-state index >= 15 is 0 Å². The van der Waals surface area contributed by atoms with Gasteiger partial charge in [0.25, 0.3) is 0 Å². The molecule has 1 N–H and O–H groups in total. The summed E-state index contributed by atoms with van der Waals surface area (Å²) in [7, 11) is 2.00. The van der Waals surface area contributed by atoms with E-state index in [1.54, 1.807) is 0 Å². The van der Waals surface area contributed by atoms with Gasteiger partial charge in [-0.2, -0.15) is 5.10 Å². The summed E-state index contributed by atoms with van der Waals surface area (Å²) < 4.78 is 1.96. The van der Waals surface area contributed by atoms with Crippen molar-refractivity contribution in [2.45, 2.75) is 46.0 Å². The molecule has 1 fully saturated rings. The van der Waals surface area contributed by atoms with Crippen LogP contribution < -0.4 is 5.32 Å². The van der Waals surface area contributed by atoms with Crippen LogP contribution in [-0.4, -0.2) is 22.9 Å². The van der Waals surface area contributed by atoms with Crippen LogP contribution in [-0.2, 0) is 13.5 Å². The van der Waals surface area contributed by atoms with Crippen molar-refractivity contribution in [3.63, 3.8) is 0 Å². The molecule has 0 bridgehead atoms. The smallest absolute Gasteiger partial charge is 0.0847 e. The first-order chi connectivity index (χ1) is 8.58. The van der Waals surface area contributed by atoms with E-state index in [4.69, 9.17) is 11.6 Å². The van der Waals surface area contributed by atoms with Crippen LogP contribution in [0.25, 0.3) is 0 Å². The fourth-order valence-electron chi connectivity index (χ4n) is 3.16. The number of hydrogen-bond donors (Lipinski definition) is 1. The standard InChI is InChI=1S/C14H24ClN3/c1-4-16-10-14(7-5-6-8-14)9-12-13(15)11(2)17-18(12)3/h16H,4-10H2,1-3H3. The third kappa shape index (κ3) is 2.72. The predicted octanol–water partition coefficient (Wildman–Crippen LogP) is 3.09. The van der Waals surface area contributed by atoms with Crippen molar-refractivity contribution < 1.29 is 0 Å². The zero-order chi connectivity index (χ0) is 13.2. The minimum absolute atomic E-state index is 0.389. The number of nitrogens with one attached hydrogen (secondary N) is 1. The first-order valence-electron chi connectivity index (χ1n) is 6.97. The summed E-state index contributed by atoms with van der Waals surface area (Å²) in [6.45, 7) is 6.30. The molecule has 1 saturated carbocycles. The number of aryl methyl sites for hydroxylation is 2. The average Bonchev–Trinajstić information content (AvgIpc) is 2.89. The van der Waals surface area contributed by atoms with Gasteiger partial charge in [-0.3, -0.25) is 4.68 Å². The molecule has 0 aromatic carbocycles. The van der Waals surface area contributed by atoms with Crippen molar-refractivity contribution in [2.75, 3.05) is 13.1 Å². The molecule has 0 unspecified atom stereocenters. The van der Waals surface area contributed by atoms with Gasteiger partial charge in [0, 0.05) is 13.6 Å². The molecular weight excluding hydrogens is 246 g/mol. The number of hydrogen-bond acceptors (Lipinski definition) is 2. The van der Waals surface area contributed by atoms with Gasteiger partial charge in [0.15, 0.2) is 0 Å². The summed E-state index contributed by atoms with van der Waals surface area (Å²) in [6.07, 6.45) is 6.36. The SMILES string of the molecule is CCNCC1(Cc2c(Cl)c(C)nn2C)CCCC1. The minimum Gasteiger partial charge on any atom is -0.316 e. The summed E-state index contributed by atoms with van der Waals surface area (Å²) >= 11 is 6.38. The van der Waals surface area contributed by atoms with Crippen molar-refractivity contribution >= 4 is 11.6 Å². The van der Waals surface area contributed by atoms with E-state index in [1.807, 2.05) is 18.7 Å². The molecule has 2 rings (SSSR count). The quantitative estimate of drug-likeness (QED) is 0.890. The van der Waals surface area contributed by atoms with Crippen LogP contribution in [0.15, 0.2) is 0 Å². The Hall–Kier alpha value is -0.540. The normalized spacial score (nSPS) is 18.4. The molecule has 4 heteroatoms. The van der Waals surface area contributed by atoms with E-state index in [1.165, 1.54) is 31.4 Å². The van der Waals surface area contributed by atoms with Crippen molar-refractivity contribution in [3.8, 4) is 0 Å². The Morgan fingerprint density at radius 1 is 1.39 bits per heavy atom. The summed E-state index contributed by atoms with van der Waals surface area (Å²) in [5.41, 5.74) is 2.54. The van der Waals surface area contributed by atoms with Crippen molar-refractivity contribution in [2.24, 2.45) is 12.5 Å². The van der Waals surface area contributed by atoms with E-state index in [0.29, 0.717) is 5.41 Å². The van der Waals surface area contributed by atoms with Gasteiger partial charge in [0.2, 0.25) is 0 Å². The van der Waals surface area contributed by atoms with Gasteiger partial charge in [-0.25, -0.2) is 0 Å². The molecule has 0 saturated heterocycles. The number of nitrogens with zero attached hydrogens (tertiary/aromatic N) is 2. The van der Waals surface area contributed by atoms with E-state index in [-0.39, 0.29) is 0 Å². The van der Waals surface area contributed by atoms with E-state index in [9.17, 15) is 0 Å². The number of halogens is 1. The van der Waals surface area contributed by atoms with Crippen LogP contribution in [0.2, 0.25) is 5.02 Å². The van der Waals surface area contributed by atoms with Crippen LogP contribution in [0.4, 0.5) is 0 Å². The summed E-state index contributed by atoms with van der Waals surface area (Å²) in [5.74, 6) is 0. The lowest BCUT2D eigenvalue weighted by Crippen LogP contribution is -2.34. The van der Waals surface area contributed by atoms with Crippen molar-refractivity contribution in [1.82, 2.24) is 15.1 Å². The van der Waals surface area contributed by atoms with Crippen LogP contribution >= 0.6 is 11.6 Å². The second-order valence-corrected chi connectivity index (χ2v) is 6.01. The molecule has 1 aromatic heterocycles. The average molecular weight is 270 g/mol. The Morgan fingerprint density at radius 2 is 2.06 bits per heavy atom. The predicted molar refractivity (Wildman–Crippen MR) is 76.1 cm³/mol. The van der Waals surface area contributed by atoms with Crippen LogP contribution in [0.3, 0.4) is 0 Å². The number of rotatable bonds is 5. The highest BCUT2D eigenvalue weighted by Crippen LogP contribution is 2.41. The Balaban J connectivity index is 2.18. The fraction of sp³-hybridized carbons (Fsp3) is 0.786. The molecule has 0 radical (unpaired) electrons. The third-order valence-electron chi connectivity index (χ3n) is 4.22. The number of aromatic nitrogens is 2. The summed E-state index contributed by atoms with van der Waals surface area (Å²) in [5, 5.41) is 8.81. The largest absolute Gasteiger partial charge is 0.316 e. The summed E-state index contributed by atoms with van der Waals surface area (Å²) in [4.78, 5) is 0. The van der Waals surface area contributed by atoms with Gasteiger partial charge >= 0.3 is 0 Å². The second kappa shape index (κ2) is 5.62. The molecule has 1 aliphatic carbocycles. The highest BCUT2D eigenvalue weighted by atomic mass is 35.5. The maximum absolute atomic E-state index is 6.38. The molecular formula is C14H24ClN3. The molecule has 1 heterocycles. The Kier molecular flexibility index (Phi) is 4.33. The van der Waals surface area contributed by atoms with Crippen LogP contribution in [0.1, 0.15) is 44.0 Å². The van der Waals surface area contributed by atoms with Gasteiger partial charge in [-0.1, -0.05) is 31.4 Å². The van der Waals surface area contributed by atoms with E-state index in [2.05, 4.69) is 17.3 Å². The summed E-state index contributed by atoms with van der Waals surface area (Å²) in [6, 6.07) is 0. The molecule has 0 amide bonds. The zero-order valence-electron chi connectivity index (χ0n) is 11.7. The van der Waals surface area contributed by atoms with E-state index in [0.717, 1.165) is 30.2 Å². The van der Waals surface area contributed by atoms with Crippen molar-refractivity contribution in [1.29, 1.82) is 0 Å². The maximum Gasteiger partial charge on any atom is 0.0847 e. The molecule has 0 spiro atoms. The molecule has 0 aliphatic heterocycles.